The van der Waals surface area contributed by atoms with Gasteiger partial charge in [-0.1, -0.05) is 0 Å². The topological polar surface area (TPSA) is 63.2 Å². The monoisotopic (exact) mass is 437 g/mol. The highest BCUT2D eigenvalue weighted by molar-refractivity contribution is 7.00. The molecular formula is C23H24FN5OS. The van der Waals surface area contributed by atoms with E-state index >= 15 is 0 Å². The second kappa shape index (κ2) is 8.72. The second-order valence-electron chi connectivity index (χ2n) is 7.95. The fourth-order valence-corrected chi connectivity index (χ4v) is 4.78. The Morgan fingerprint density at radius 1 is 1.10 bits per heavy atom. The predicted molar refractivity (Wildman–Crippen MR) is 122 cm³/mol. The maximum Gasteiger partial charge on any atom is 0.145 e. The standard InChI is InChI=1S/C23H24FN5OS/c1-30-17-3-5-21-19(13-17)18(20(24)14-25-21)8-11-29-9-6-15(7-10-29)26-16-2-4-22-23(12-16)28-31-27-22/h2-5,12-15,26H,6-11H2,1H3. The number of anilines is 1. The van der Waals surface area contributed by atoms with Gasteiger partial charge in [-0.05, 0) is 55.7 Å². The molecule has 2 aromatic carbocycles. The van der Waals surface area contributed by atoms with E-state index in [1.54, 1.807) is 7.11 Å². The van der Waals surface area contributed by atoms with Crippen molar-refractivity contribution in [2.45, 2.75) is 25.3 Å². The highest BCUT2D eigenvalue weighted by atomic mass is 32.1. The Morgan fingerprint density at radius 2 is 1.90 bits per heavy atom. The number of likely N-dealkylation sites (tertiary alicyclic amines) is 1. The van der Waals surface area contributed by atoms with Crippen molar-refractivity contribution in [3.8, 4) is 5.75 Å². The molecule has 0 radical (unpaired) electrons. The SMILES string of the molecule is COc1ccc2ncc(F)c(CCN3CCC(Nc4ccc5nsnc5c4)CC3)c2c1. The van der Waals surface area contributed by atoms with Crippen molar-refractivity contribution in [1.29, 1.82) is 0 Å². The van der Waals surface area contributed by atoms with Gasteiger partial charge in [-0.3, -0.25) is 4.98 Å². The van der Waals surface area contributed by atoms with E-state index in [9.17, 15) is 4.39 Å². The van der Waals surface area contributed by atoms with Gasteiger partial charge >= 0.3 is 0 Å². The fourth-order valence-electron chi connectivity index (χ4n) is 4.26. The molecule has 0 spiro atoms. The molecule has 1 N–H and O–H groups in total. The lowest BCUT2D eigenvalue weighted by atomic mass is 10.0. The van der Waals surface area contributed by atoms with Crippen molar-refractivity contribution in [3.63, 3.8) is 0 Å². The minimum absolute atomic E-state index is 0.246. The number of piperidine rings is 1. The molecule has 1 aliphatic rings. The van der Waals surface area contributed by atoms with Crippen LogP contribution in [0, 0.1) is 5.82 Å². The molecule has 0 aliphatic carbocycles. The molecule has 0 amide bonds. The normalized spacial score (nSPS) is 15.5. The maximum absolute atomic E-state index is 14.6. The van der Waals surface area contributed by atoms with Gasteiger partial charge in [-0.15, -0.1) is 0 Å². The van der Waals surface area contributed by atoms with Crippen LogP contribution in [0.1, 0.15) is 18.4 Å². The molecule has 8 heteroatoms. The Kier molecular flexibility index (Phi) is 5.65. The lowest BCUT2D eigenvalue weighted by Crippen LogP contribution is -2.40. The summed E-state index contributed by atoms with van der Waals surface area (Å²) in [5.41, 5.74) is 4.49. The first-order valence-electron chi connectivity index (χ1n) is 10.5. The van der Waals surface area contributed by atoms with Crippen molar-refractivity contribution in [3.05, 3.63) is 54.0 Å². The number of fused-ring (bicyclic) bond motifs is 2. The predicted octanol–water partition coefficient (Wildman–Crippen LogP) is 4.51. The van der Waals surface area contributed by atoms with Crippen LogP contribution in [0.2, 0.25) is 0 Å². The van der Waals surface area contributed by atoms with Crippen molar-refractivity contribution in [1.82, 2.24) is 18.6 Å². The smallest absolute Gasteiger partial charge is 0.145 e. The molecule has 160 valence electrons. The number of benzene rings is 2. The van der Waals surface area contributed by atoms with Crippen LogP contribution in [-0.4, -0.2) is 51.4 Å². The van der Waals surface area contributed by atoms with Gasteiger partial charge in [0.1, 0.15) is 22.6 Å². The number of aromatic nitrogens is 3. The fraction of sp³-hybridized carbons (Fsp3) is 0.348. The van der Waals surface area contributed by atoms with E-state index in [1.807, 2.05) is 24.3 Å². The molecule has 4 aromatic rings. The lowest BCUT2D eigenvalue weighted by Gasteiger charge is -2.33. The zero-order valence-electron chi connectivity index (χ0n) is 17.3. The molecule has 1 aliphatic heterocycles. The maximum atomic E-state index is 14.6. The Bertz CT molecular complexity index is 1210. The quantitative estimate of drug-likeness (QED) is 0.479. The molecule has 0 unspecified atom stereocenters. The van der Waals surface area contributed by atoms with Gasteiger partial charge in [0.2, 0.25) is 0 Å². The number of hydrogen-bond acceptors (Lipinski definition) is 7. The van der Waals surface area contributed by atoms with Crippen LogP contribution < -0.4 is 10.1 Å². The van der Waals surface area contributed by atoms with Crippen LogP contribution in [0.4, 0.5) is 10.1 Å². The van der Waals surface area contributed by atoms with Crippen molar-refractivity contribution in [2.75, 3.05) is 32.1 Å². The van der Waals surface area contributed by atoms with Gasteiger partial charge in [0.15, 0.2) is 0 Å². The summed E-state index contributed by atoms with van der Waals surface area (Å²) in [6, 6.07) is 12.2. The Morgan fingerprint density at radius 3 is 2.74 bits per heavy atom. The van der Waals surface area contributed by atoms with Gasteiger partial charge in [-0.25, -0.2) is 4.39 Å². The summed E-state index contributed by atoms with van der Waals surface area (Å²) < 4.78 is 28.4. The number of methoxy groups -OCH3 is 1. The van der Waals surface area contributed by atoms with E-state index in [1.165, 1.54) is 17.9 Å². The van der Waals surface area contributed by atoms with E-state index in [-0.39, 0.29) is 5.82 Å². The number of nitrogens with one attached hydrogen (secondary N) is 1. The van der Waals surface area contributed by atoms with Gasteiger partial charge < -0.3 is 15.0 Å². The highest BCUT2D eigenvalue weighted by Gasteiger charge is 2.20. The first-order chi connectivity index (χ1) is 15.2. The number of ether oxygens (including phenoxy) is 1. The Hall–Kier alpha value is -2.84. The summed E-state index contributed by atoms with van der Waals surface area (Å²) in [6.45, 7) is 2.81. The molecular weight excluding hydrogens is 413 g/mol. The van der Waals surface area contributed by atoms with Crippen molar-refractivity contribution >= 4 is 39.4 Å². The molecule has 3 heterocycles. The molecule has 5 rings (SSSR count). The third-order valence-corrected chi connectivity index (χ3v) is 6.58. The third-order valence-electron chi connectivity index (χ3n) is 6.02. The second-order valence-corrected chi connectivity index (χ2v) is 8.47. The molecule has 31 heavy (non-hydrogen) atoms. The number of nitrogens with zero attached hydrogens (tertiary/aromatic N) is 4. The van der Waals surface area contributed by atoms with Gasteiger partial charge in [-0.2, -0.15) is 8.75 Å². The largest absolute Gasteiger partial charge is 0.497 e. The number of pyridine rings is 1. The molecule has 6 nitrogen and oxygen atoms in total. The van der Waals surface area contributed by atoms with Crippen LogP contribution in [0.15, 0.2) is 42.6 Å². The summed E-state index contributed by atoms with van der Waals surface area (Å²) >= 11 is 1.24. The van der Waals surface area contributed by atoms with Gasteiger partial charge in [0.05, 0.1) is 30.6 Å². The minimum Gasteiger partial charge on any atom is -0.497 e. The Balaban J connectivity index is 1.20. The van der Waals surface area contributed by atoms with E-state index in [2.05, 4.69) is 36.1 Å². The third kappa shape index (κ3) is 4.31. The van der Waals surface area contributed by atoms with Crippen molar-refractivity contribution in [2.24, 2.45) is 0 Å². The molecule has 0 bridgehead atoms. The van der Waals surface area contributed by atoms with E-state index in [0.717, 1.165) is 65.8 Å². The van der Waals surface area contributed by atoms with Gasteiger partial charge in [0.25, 0.3) is 0 Å². The van der Waals surface area contributed by atoms with E-state index < -0.39 is 0 Å². The average molecular weight is 438 g/mol. The van der Waals surface area contributed by atoms with Crippen LogP contribution in [0.3, 0.4) is 0 Å². The summed E-state index contributed by atoms with van der Waals surface area (Å²) in [4.78, 5) is 6.63. The molecule has 0 atom stereocenters. The highest BCUT2D eigenvalue weighted by Crippen LogP contribution is 2.26. The van der Waals surface area contributed by atoms with Crippen LogP contribution in [-0.2, 0) is 6.42 Å². The molecule has 1 fully saturated rings. The minimum atomic E-state index is -0.246. The number of hydrogen-bond donors (Lipinski definition) is 1. The molecule has 2 aromatic heterocycles. The zero-order valence-corrected chi connectivity index (χ0v) is 18.2. The first-order valence-corrected chi connectivity index (χ1v) is 11.2. The van der Waals surface area contributed by atoms with Crippen LogP contribution in [0.5, 0.6) is 5.75 Å². The van der Waals surface area contributed by atoms with Crippen molar-refractivity contribution < 1.29 is 9.13 Å². The first kappa shape index (κ1) is 20.1. The summed E-state index contributed by atoms with van der Waals surface area (Å²) in [6.07, 6.45) is 4.10. The number of rotatable bonds is 6. The molecule has 1 saturated heterocycles. The van der Waals surface area contributed by atoms with Crippen LogP contribution >= 0.6 is 11.7 Å². The summed E-state index contributed by atoms with van der Waals surface area (Å²) in [5.74, 6) is 0.476. The zero-order chi connectivity index (χ0) is 21.2. The summed E-state index contributed by atoms with van der Waals surface area (Å²) in [7, 11) is 1.62. The molecule has 0 saturated carbocycles. The average Bonchev–Trinajstić information content (AvgIpc) is 3.27. The number of halogens is 1. The van der Waals surface area contributed by atoms with E-state index in [4.69, 9.17) is 4.74 Å². The Labute approximate surface area is 184 Å². The van der Waals surface area contributed by atoms with E-state index in [0.29, 0.717) is 18.0 Å². The lowest BCUT2D eigenvalue weighted by molar-refractivity contribution is 0.221. The van der Waals surface area contributed by atoms with Crippen LogP contribution in [0.25, 0.3) is 21.9 Å². The summed E-state index contributed by atoms with van der Waals surface area (Å²) in [5, 5.41) is 4.47. The van der Waals surface area contributed by atoms with Gasteiger partial charge in [0, 0.05) is 42.3 Å².